The van der Waals surface area contributed by atoms with Crippen molar-refractivity contribution in [3.63, 3.8) is 0 Å². The summed E-state index contributed by atoms with van der Waals surface area (Å²) >= 11 is 0. The Morgan fingerprint density at radius 1 is 0.966 bits per heavy atom. The zero-order valence-corrected chi connectivity index (χ0v) is 33.5. The number of hydrogen-bond donors (Lipinski definition) is 3. The number of nitrogens with one attached hydrogen (secondary N) is 3. The van der Waals surface area contributed by atoms with Crippen LogP contribution < -0.4 is 15.5 Å². The number of carbonyl (C=O) groups is 3. The first kappa shape index (κ1) is 38.6. The smallest absolute Gasteiger partial charge is 0.293 e. The molecule has 2 unspecified atom stereocenters. The fourth-order valence-electron chi connectivity index (χ4n) is 7.73. The molecule has 2 saturated heterocycles. The first-order chi connectivity index (χ1) is 27.9. The summed E-state index contributed by atoms with van der Waals surface area (Å²) in [5.41, 5.74) is 9.11. The zero-order valence-electron chi connectivity index (χ0n) is 33.5. The molecule has 3 N–H and O–H groups in total. The summed E-state index contributed by atoms with van der Waals surface area (Å²) in [5.74, 6) is -0.593. The van der Waals surface area contributed by atoms with Gasteiger partial charge in [-0.05, 0) is 73.2 Å². The molecule has 14 heteroatoms. The number of piperazine rings is 1. The predicted octanol–water partition coefficient (Wildman–Crippen LogP) is 6.05. The van der Waals surface area contributed by atoms with Crippen LogP contribution in [-0.2, 0) is 21.4 Å². The van der Waals surface area contributed by atoms with Gasteiger partial charge in [-0.25, -0.2) is 4.98 Å². The second-order valence-corrected chi connectivity index (χ2v) is 16.4. The van der Waals surface area contributed by atoms with Crippen molar-refractivity contribution >= 4 is 34.4 Å². The van der Waals surface area contributed by atoms with Gasteiger partial charge in [0.1, 0.15) is 0 Å². The van der Waals surface area contributed by atoms with Gasteiger partial charge in [0.05, 0.1) is 35.2 Å². The van der Waals surface area contributed by atoms with E-state index in [0.717, 1.165) is 89.4 Å². The maximum Gasteiger partial charge on any atom is 0.293 e. The van der Waals surface area contributed by atoms with E-state index in [1.807, 2.05) is 71.3 Å². The van der Waals surface area contributed by atoms with Gasteiger partial charge in [-0.3, -0.25) is 34.7 Å². The predicted molar refractivity (Wildman–Crippen MR) is 220 cm³/mol. The molecule has 0 saturated carbocycles. The number of aromatic nitrogens is 6. The van der Waals surface area contributed by atoms with Crippen molar-refractivity contribution in [3.05, 3.63) is 107 Å². The third kappa shape index (κ3) is 8.23. The summed E-state index contributed by atoms with van der Waals surface area (Å²) in [7, 11) is 0. The van der Waals surface area contributed by atoms with Gasteiger partial charge in [0.2, 0.25) is 17.7 Å². The van der Waals surface area contributed by atoms with Crippen LogP contribution in [0.5, 0.6) is 0 Å². The van der Waals surface area contributed by atoms with Gasteiger partial charge in [0.15, 0.2) is 5.65 Å². The number of aryl methyl sites for hydroxylation is 1. The molecule has 3 amide bonds. The molecule has 0 spiro atoms. The zero-order chi connectivity index (χ0) is 40.6. The normalized spacial score (nSPS) is 17.1. The highest BCUT2D eigenvalue weighted by Gasteiger charge is 2.28. The Morgan fingerprint density at radius 3 is 2.45 bits per heavy atom. The van der Waals surface area contributed by atoms with Crippen LogP contribution >= 0.6 is 0 Å². The highest BCUT2D eigenvalue weighted by molar-refractivity contribution is 6.01. The van der Waals surface area contributed by atoms with Gasteiger partial charge in [-0.15, -0.1) is 0 Å². The van der Waals surface area contributed by atoms with Crippen molar-refractivity contribution in [2.24, 2.45) is 0 Å². The second-order valence-electron chi connectivity index (χ2n) is 16.4. The van der Waals surface area contributed by atoms with E-state index >= 15 is 0 Å². The molecule has 4 aromatic heterocycles. The highest BCUT2D eigenvalue weighted by Crippen LogP contribution is 2.32. The van der Waals surface area contributed by atoms with Crippen LogP contribution in [0, 0.1) is 6.92 Å². The minimum Gasteiger partial charge on any atom is -0.368 e. The molecule has 298 valence electrons. The lowest BCUT2D eigenvalue weighted by Crippen LogP contribution is -2.47. The summed E-state index contributed by atoms with van der Waals surface area (Å²) in [6.45, 7) is 14.5. The average Bonchev–Trinajstić information content (AvgIpc) is 3.89. The fourth-order valence-corrected chi connectivity index (χ4v) is 7.73. The van der Waals surface area contributed by atoms with Gasteiger partial charge < -0.3 is 14.7 Å². The molecule has 6 aromatic rings. The minimum absolute atomic E-state index is 0.0166. The number of rotatable bonds is 10. The lowest BCUT2D eigenvalue weighted by atomic mass is 9.90. The minimum atomic E-state index is -0.390. The van der Waals surface area contributed by atoms with Crippen LogP contribution in [0.1, 0.15) is 91.3 Å². The number of benzene rings is 2. The van der Waals surface area contributed by atoms with Crippen LogP contribution in [0.15, 0.2) is 77.6 Å². The van der Waals surface area contributed by atoms with Gasteiger partial charge in [-0.1, -0.05) is 62.3 Å². The van der Waals surface area contributed by atoms with E-state index in [4.69, 9.17) is 9.51 Å². The average molecular weight is 781 g/mol. The number of hydrogen-bond acceptors (Lipinski definition) is 11. The number of pyridine rings is 2. The third-order valence-electron chi connectivity index (χ3n) is 11.2. The maximum atomic E-state index is 12.9. The van der Waals surface area contributed by atoms with Gasteiger partial charge in [0.25, 0.3) is 11.7 Å². The molecule has 2 aliphatic heterocycles. The second kappa shape index (κ2) is 15.9. The van der Waals surface area contributed by atoms with E-state index < -0.39 is 0 Å². The molecular weight excluding hydrogens is 733 g/mol. The molecule has 2 atom stereocenters. The van der Waals surface area contributed by atoms with Crippen LogP contribution in [0.4, 0.5) is 5.69 Å². The van der Waals surface area contributed by atoms with E-state index in [0.29, 0.717) is 24.4 Å². The molecular formula is C44H48N10O4. The standard InChI is InChI=1S/C44H48N10O4/c1-26-22-30(10-12-33(26)27(2)47-42(57)40-49-43(58-52-40)44(3,4)5)38-35-23-31(24-46-39(35)51-50-38)36-14-11-32(25-45-36)54-20-18-53(19-21-54)17-16-28-6-8-29(9-7-28)34-13-15-37(55)48-41(34)56/h6-12,14,22-25,27,34H,13,15-21H2,1-5H3,(H,47,57)(H,46,50,51)(H,48,55,56). The summed E-state index contributed by atoms with van der Waals surface area (Å²) in [5, 5.41) is 17.9. The van der Waals surface area contributed by atoms with E-state index in [1.165, 1.54) is 5.56 Å². The summed E-state index contributed by atoms with van der Waals surface area (Å²) < 4.78 is 5.30. The molecule has 2 aliphatic rings. The maximum absolute atomic E-state index is 12.9. The number of aromatic amines is 1. The number of piperidine rings is 1. The van der Waals surface area contributed by atoms with E-state index in [1.54, 1.807) is 0 Å². The Labute approximate surface area is 336 Å². The number of imide groups is 1. The Hall–Kier alpha value is -6.28. The monoisotopic (exact) mass is 780 g/mol. The van der Waals surface area contributed by atoms with Crippen molar-refractivity contribution in [3.8, 4) is 22.5 Å². The number of amides is 3. The topological polar surface area (TPSA) is 175 Å². The lowest BCUT2D eigenvalue weighted by molar-refractivity contribution is -0.134. The third-order valence-corrected chi connectivity index (χ3v) is 11.2. The number of H-pyrrole nitrogens is 1. The van der Waals surface area contributed by atoms with Gasteiger partial charge in [-0.2, -0.15) is 10.1 Å². The molecule has 6 heterocycles. The molecule has 14 nitrogen and oxygen atoms in total. The molecule has 8 rings (SSSR count). The van der Waals surface area contributed by atoms with Crippen LogP contribution in [-0.4, -0.2) is 85.7 Å². The Kier molecular flexibility index (Phi) is 10.6. The van der Waals surface area contributed by atoms with Gasteiger partial charge >= 0.3 is 0 Å². The van der Waals surface area contributed by atoms with Crippen LogP contribution in [0.25, 0.3) is 33.5 Å². The highest BCUT2D eigenvalue weighted by atomic mass is 16.5. The SMILES string of the molecule is Cc1cc(-c2[nH]nc3ncc(-c4ccc(N5CCN(CCc6ccc(C7CCC(=O)NC7=O)cc6)CC5)cn4)cc23)ccc1C(C)NC(=O)c1noc(C(C)(C)C)n1. The number of fused-ring (bicyclic) bond motifs is 1. The first-order valence-corrected chi connectivity index (χ1v) is 19.9. The van der Waals surface area contributed by atoms with Crippen molar-refractivity contribution in [2.75, 3.05) is 37.6 Å². The molecule has 2 aromatic carbocycles. The Morgan fingerprint density at radius 2 is 1.76 bits per heavy atom. The number of nitrogens with zero attached hydrogens (tertiary/aromatic N) is 7. The molecule has 0 bridgehead atoms. The first-order valence-electron chi connectivity index (χ1n) is 19.9. The summed E-state index contributed by atoms with van der Waals surface area (Å²) in [4.78, 5) is 55.3. The van der Waals surface area contributed by atoms with Gasteiger partial charge in [0, 0.05) is 67.3 Å². The number of carbonyl (C=O) groups excluding carboxylic acids is 3. The lowest BCUT2D eigenvalue weighted by Gasteiger charge is -2.36. The van der Waals surface area contributed by atoms with Crippen molar-refractivity contribution in [2.45, 2.75) is 71.3 Å². The molecule has 58 heavy (non-hydrogen) atoms. The molecule has 0 radical (unpaired) electrons. The van der Waals surface area contributed by atoms with Crippen molar-refractivity contribution < 1.29 is 18.9 Å². The summed E-state index contributed by atoms with van der Waals surface area (Å²) in [6.07, 6.45) is 5.65. The molecule has 2 fully saturated rings. The number of anilines is 1. The Bertz CT molecular complexity index is 2460. The molecule has 0 aliphatic carbocycles. The van der Waals surface area contributed by atoms with Crippen LogP contribution in [0.3, 0.4) is 0 Å². The van der Waals surface area contributed by atoms with E-state index in [-0.39, 0.29) is 40.9 Å². The Balaban J connectivity index is 0.865. The van der Waals surface area contributed by atoms with Crippen molar-refractivity contribution in [1.29, 1.82) is 0 Å². The fraction of sp³-hybridized carbons (Fsp3) is 0.364. The van der Waals surface area contributed by atoms with E-state index in [2.05, 4.69) is 82.2 Å². The van der Waals surface area contributed by atoms with E-state index in [9.17, 15) is 14.4 Å². The van der Waals surface area contributed by atoms with Crippen molar-refractivity contribution in [1.82, 2.24) is 45.8 Å². The largest absolute Gasteiger partial charge is 0.368 e. The summed E-state index contributed by atoms with van der Waals surface area (Å²) in [6, 6.07) is 20.4. The quantitative estimate of drug-likeness (QED) is 0.138. The van der Waals surface area contributed by atoms with Crippen LogP contribution in [0.2, 0.25) is 0 Å².